The van der Waals surface area contributed by atoms with E-state index in [0.717, 1.165) is 12.1 Å². The zero-order chi connectivity index (χ0) is 19.0. The number of aromatic amines is 1. The molecule has 2 heterocycles. The standard InChI is InChI=1S/C18H16F2N4O2/c1-5-14(25)22-16-8(2)15(18(26-4)21-9(16)3)10-7-13-11(6-12(10)19)17(20)24-23-13/h5-7H,1H2,2-4H3,(H,22,25)(H,23,24). The molecule has 0 atom stereocenters. The molecule has 1 aromatic carbocycles. The zero-order valence-corrected chi connectivity index (χ0v) is 14.4. The molecule has 3 aromatic rings. The molecule has 0 spiro atoms. The average molecular weight is 358 g/mol. The summed E-state index contributed by atoms with van der Waals surface area (Å²) < 4.78 is 33.6. The van der Waals surface area contributed by atoms with Crippen LogP contribution in [0.15, 0.2) is 24.8 Å². The molecule has 0 aliphatic heterocycles. The van der Waals surface area contributed by atoms with Crippen LogP contribution in [0.4, 0.5) is 14.5 Å². The van der Waals surface area contributed by atoms with Gasteiger partial charge in [0.05, 0.1) is 35.0 Å². The number of carbonyl (C=O) groups is 1. The first-order valence-electron chi connectivity index (χ1n) is 7.69. The van der Waals surface area contributed by atoms with Gasteiger partial charge in [-0.25, -0.2) is 9.37 Å². The highest BCUT2D eigenvalue weighted by Gasteiger charge is 2.22. The van der Waals surface area contributed by atoms with Gasteiger partial charge in [0.15, 0.2) is 0 Å². The number of fused-ring (bicyclic) bond motifs is 1. The summed E-state index contributed by atoms with van der Waals surface area (Å²) >= 11 is 0. The van der Waals surface area contributed by atoms with Gasteiger partial charge < -0.3 is 10.1 Å². The van der Waals surface area contributed by atoms with E-state index in [-0.39, 0.29) is 22.3 Å². The molecule has 0 unspecified atom stereocenters. The summed E-state index contributed by atoms with van der Waals surface area (Å²) in [4.78, 5) is 16.0. The first kappa shape index (κ1) is 17.5. The number of aromatic nitrogens is 3. The van der Waals surface area contributed by atoms with Crippen molar-refractivity contribution >= 4 is 22.5 Å². The molecule has 3 rings (SSSR count). The number of halogens is 2. The largest absolute Gasteiger partial charge is 0.481 e. The van der Waals surface area contributed by atoms with E-state index in [1.807, 2.05) is 0 Å². The van der Waals surface area contributed by atoms with Crippen molar-refractivity contribution in [2.24, 2.45) is 0 Å². The van der Waals surface area contributed by atoms with Crippen molar-refractivity contribution in [3.63, 3.8) is 0 Å². The molecular weight excluding hydrogens is 342 g/mol. The molecule has 0 fully saturated rings. The molecule has 0 aliphatic rings. The van der Waals surface area contributed by atoms with Gasteiger partial charge in [-0.05, 0) is 37.6 Å². The van der Waals surface area contributed by atoms with E-state index in [0.29, 0.717) is 22.5 Å². The Morgan fingerprint density at radius 2 is 2.08 bits per heavy atom. The number of H-pyrrole nitrogens is 1. The number of aryl methyl sites for hydroxylation is 1. The van der Waals surface area contributed by atoms with Crippen LogP contribution in [0.2, 0.25) is 0 Å². The minimum Gasteiger partial charge on any atom is -0.481 e. The van der Waals surface area contributed by atoms with Gasteiger partial charge in [-0.15, -0.1) is 0 Å². The molecule has 0 saturated carbocycles. The van der Waals surface area contributed by atoms with Gasteiger partial charge in [0, 0.05) is 5.56 Å². The van der Waals surface area contributed by atoms with Gasteiger partial charge in [0.25, 0.3) is 0 Å². The second kappa shape index (κ2) is 6.55. The highest BCUT2D eigenvalue weighted by atomic mass is 19.1. The molecule has 0 saturated heterocycles. The number of nitrogens with zero attached hydrogens (tertiary/aromatic N) is 2. The molecule has 2 N–H and O–H groups in total. The number of ether oxygens (including phenoxy) is 1. The summed E-state index contributed by atoms with van der Waals surface area (Å²) in [7, 11) is 1.41. The topological polar surface area (TPSA) is 79.9 Å². The van der Waals surface area contributed by atoms with Crippen LogP contribution < -0.4 is 10.1 Å². The maximum Gasteiger partial charge on any atom is 0.247 e. The number of amides is 1. The predicted octanol–water partition coefficient (Wildman–Crippen LogP) is 3.65. The third-order valence-electron chi connectivity index (χ3n) is 4.09. The van der Waals surface area contributed by atoms with Crippen LogP contribution in [-0.4, -0.2) is 28.2 Å². The Kier molecular flexibility index (Phi) is 4.41. The van der Waals surface area contributed by atoms with Gasteiger partial charge >= 0.3 is 0 Å². The quantitative estimate of drug-likeness (QED) is 0.698. The maximum absolute atomic E-state index is 14.7. The number of methoxy groups -OCH3 is 1. The van der Waals surface area contributed by atoms with Crippen molar-refractivity contribution in [3.05, 3.63) is 47.8 Å². The van der Waals surface area contributed by atoms with E-state index in [2.05, 4.69) is 27.1 Å². The number of hydrogen-bond acceptors (Lipinski definition) is 4. The smallest absolute Gasteiger partial charge is 0.247 e. The van der Waals surface area contributed by atoms with E-state index >= 15 is 0 Å². The number of hydrogen-bond donors (Lipinski definition) is 2. The molecule has 1 amide bonds. The first-order chi connectivity index (χ1) is 12.4. The van der Waals surface area contributed by atoms with Crippen molar-refractivity contribution in [1.29, 1.82) is 0 Å². The lowest BCUT2D eigenvalue weighted by Crippen LogP contribution is -2.12. The molecule has 134 valence electrons. The van der Waals surface area contributed by atoms with Crippen LogP contribution in [0.25, 0.3) is 22.0 Å². The predicted molar refractivity (Wildman–Crippen MR) is 94.1 cm³/mol. The van der Waals surface area contributed by atoms with Gasteiger partial charge in [-0.3, -0.25) is 9.89 Å². The van der Waals surface area contributed by atoms with Gasteiger partial charge in [0.1, 0.15) is 5.82 Å². The van der Waals surface area contributed by atoms with Crippen molar-refractivity contribution in [2.75, 3.05) is 12.4 Å². The zero-order valence-electron chi connectivity index (χ0n) is 14.4. The Bertz CT molecular complexity index is 1040. The fourth-order valence-electron chi connectivity index (χ4n) is 2.84. The Morgan fingerprint density at radius 3 is 2.73 bits per heavy atom. The third kappa shape index (κ3) is 2.79. The van der Waals surface area contributed by atoms with Gasteiger partial charge in [-0.1, -0.05) is 6.58 Å². The lowest BCUT2D eigenvalue weighted by atomic mass is 9.98. The second-order valence-electron chi connectivity index (χ2n) is 5.66. The van der Waals surface area contributed by atoms with Crippen molar-refractivity contribution in [2.45, 2.75) is 13.8 Å². The SMILES string of the molecule is C=CC(=O)Nc1c(C)nc(OC)c(-c2cc3n[nH]c(F)c3cc2F)c1C. The molecule has 26 heavy (non-hydrogen) atoms. The van der Waals surface area contributed by atoms with Crippen molar-refractivity contribution in [1.82, 2.24) is 15.2 Å². The van der Waals surface area contributed by atoms with Crippen LogP contribution in [-0.2, 0) is 4.79 Å². The lowest BCUT2D eigenvalue weighted by molar-refractivity contribution is -0.111. The third-order valence-corrected chi connectivity index (χ3v) is 4.09. The Balaban J connectivity index is 2.29. The van der Waals surface area contributed by atoms with Gasteiger partial charge in [-0.2, -0.15) is 9.49 Å². The van der Waals surface area contributed by atoms with E-state index in [9.17, 15) is 13.6 Å². The number of pyridine rings is 1. The van der Waals surface area contributed by atoms with Crippen LogP contribution in [0, 0.1) is 25.6 Å². The fourth-order valence-corrected chi connectivity index (χ4v) is 2.84. The highest BCUT2D eigenvalue weighted by Crippen LogP contribution is 2.39. The minimum absolute atomic E-state index is 0.0446. The molecule has 0 radical (unpaired) electrons. The average Bonchev–Trinajstić information content (AvgIpc) is 2.97. The van der Waals surface area contributed by atoms with Gasteiger partial charge in [0.2, 0.25) is 17.7 Å². The molecular formula is C18H16F2N4O2. The number of benzene rings is 1. The molecule has 8 heteroatoms. The van der Waals surface area contributed by atoms with Crippen LogP contribution in [0.5, 0.6) is 5.88 Å². The summed E-state index contributed by atoms with van der Waals surface area (Å²) in [6.07, 6.45) is 1.13. The summed E-state index contributed by atoms with van der Waals surface area (Å²) in [5.74, 6) is -1.61. The number of nitrogens with one attached hydrogen (secondary N) is 2. The van der Waals surface area contributed by atoms with E-state index in [1.165, 1.54) is 13.2 Å². The molecule has 2 aromatic heterocycles. The van der Waals surface area contributed by atoms with E-state index < -0.39 is 17.7 Å². The molecule has 0 aliphatic carbocycles. The summed E-state index contributed by atoms with van der Waals surface area (Å²) in [5.41, 5.74) is 2.24. The van der Waals surface area contributed by atoms with E-state index in [1.54, 1.807) is 13.8 Å². The summed E-state index contributed by atoms with van der Waals surface area (Å²) in [6, 6.07) is 2.47. The summed E-state index contributed by atoms with van der Waals surface area (Å²) in [5, 5.41) is 8.72. The Labute approximate surface area is 147 Å². The normalized spacial score (nSPS) is 10.8. The van der Waals surface area contributed by atoms with Crippen molar-refractivity contribution < 1.29 is 18.3 Å². The summed E-state index contributed by atoms with van der Waals surface area (Å²) in [6.45, 7) is 6.82. The first-order valence-corrected chi connectivity index (χ1v) is 7.69. The van der Waals surface area contributed by atoms with E-state index in [4.69, 9.17) is 4.74 Å². The lowest BCUT2D eigenvalue weighted by Gasteiger charge is -2.18. The highest BCUT2D eigenvalue weighted by molar-refractivity contribution is 6.01. The number of carbonyl (C=O) groups excluding carboxylic acids is 1. The Hall–Kier alpha value is -3.29. The maximum atomic E-state index is 14.7. The fraction of sp³-hybridized carbons (Fsp3) is 0.167. The van der Waals surface area contributed by atoms with Crippen LogP contribution in [0.1, 0.15) is 11.3 Å². The molecule has 0 bridgehead atoms. The van der Waals surface area contributed by atoms with Crippen LogP contribution in [0.3, 0.4) is 0 Å². The number of rotatable bonds is 4. The minimum atomic E-state index is -0.713. The molecule has 6 nitrogen and oxygen atoms in total. The monoisotopic (exact) mass is 358 g/mol. The van der Waals surface area contributed by atoms with Crippen molar-refractivity contribution in [3.8, 4) is 17.0 Å². The number of anilines is 1. The Morgan fingerprint density at radius 1 is 1.35 bits per heavy atom. The van der Waals surface area contributed by atoms with Crippen LogP contribution >= 0.6 is 0 Å². The second-order valence-corrected chi connectivity index (χ2v) is 5.66.